The summed E-state index contributed by atoms with van der Waals surface area (Å²) in [5.41, 5.74) is -0.0916. The summed E-state index contributed by atoms with van der Waals surface area (Å²) in [5, 5.41) is 26.2. The Morgan fingerprint density at radius 2 is 1.94 bits per heavy atom. The molecule has 3 unspecified atom stereocenters. The maximum Gasteiger partial charge on any atom is 0.306 e. The molecule has 2 aromatic carbocycles. The predicted molar refractivity (Wildman–Crippen MR) is 127 cm³/mol. The largest absolute Gasteiger partial charge is 0.479 e. The van der Waals surface area contributed by atoms with Crippen molar-refractivity contribution < 1.29 is 31.9 Å². The van der Waals surface area contributed by atoms with E-state index in [0.717, 1.165) is 11.8 Å². The molecule has 0 aliphatic carbocycles. The summed E-state index contributed by atoms with van der Waals surface area (Å²) in [6, 6.07) is 12.9. The van der Waals surface area contributed by atoms with E-state index in [2.05, 4.69) is 15.6 Å². The second-order valence-electron chi connectivity index (χ2n) is 8.03. The van der Waals surface area contributed by atoms with Gasteiger partial charge in [0, 0.05) is 19.8 Å². The third-order valence-corrected chi connectivity index (χ3v) is 5.92. The first-order valence-corrected chi connectivity index (χ1v) is 12.4. The Morgan fingerprint density at radius 1 is 1.26 bits per heavy atom. The summed E-state index contributed by atoms with van der Waals surface area (Å²) in [6.45, 7) is 1.88. The van der Waals surface area contributed by atoms with Crippen LogP contribution in [0.25, 0.3) is 0 Å². The Labute approximate surface area is 204 Å². The number of ether oxygens (including phenoxy) is 3. The molecule has 3 atom stereocenters. The fourth-order valence-corrected chi connectivity index (χ4v) is 4.32. The lowest BCUT2D eigenvalue weighted by Gasteiger charge is -2.46. The number of aliphatic hydroxyl groups is 1. The molecule has 188 valence electrons. The van der Waals surface area contributed by atoms with Gasteiger partial charge in [-0.1, -0.05) is 30.3 Å². The number of hydrogen-bond donors (Lipinski definition) is 3. The van der Waals surface area contributed by atoms with Crippen LogP contribution in [-0.4, -0.2) is 58.0 Å². The van der Waals surface area contributed by atoms with Crippen LogP contribution in [0.2, 0.25) is 0 Å². The highest BCUT2D eigenvalue weighted by Gasteiger charge is 2.52. The minimum atomic E-state index is -3.79. The Morgan fingerprint density at radius 3 is 2.54 bits per heavy atom. The Bertz CT molecular complexity index is 1200. The second-order valence-corrected chi connectivity index (χ2v) is 9.61. The number of rotatable bonds is 8. The quantitative estimate of drug-likeness (QED) is 0.120. The molecule has 1 aliphatic heterocycles. The normalized spacial score (nSPS) is 22.0. The van der Waals surface area contributed by atoms with Crippen molar-refractivity contribution in [3.63, 3.8) is 0 Å². The van der Waals surface area contributed by atoms with Crippen LogP contribution in [0.4, 0.5) is 0 Å². The summed E-state index contributed by atoms with van der Waals surface area (Å²) in [6.07, 6.45) is 0.501. The van der Waals surface area contributed by atoms with Crippen LogP contribution in [0.3, 0.4) is 0 Å². The Balaban J connectivity index is 2.04. The van der Waals surface area contributed by atoms with E-state index in [-0.39, 0.29) is 18.3 Å². The van der Waals surface area contributed by atoms with Gasteiger partial charge in [0.1, 0.15) is 17.6 Å². The lowest BCUT2D eigenvalue weighted by molar-refractivity contribution is -0.238. The summed E-state index contributed by atoms with van der Waals surface area (Å²) < 4.78 is 45.2. The fraction of sp³-hybridized carbons (Fsp3) is 0.391. The van der Waals surface area contributed by atoms with E-state index in [1.54, 1.807) is 6.92 Å². The third-order valence-electron chi connectivity index (χ3n) is 5.42. The molecule has 0 spiro atoms. The predicted octanol–water partition coefficient (Wildman–Crippen LogP) is 1.41. The molecule has 3 N–H and O–H groups in total. The third kappa shape index (κ3) is 6.20. The molecule has 2 aromatic rings. The minimum absolute atomic E-state index is 0.0310. The van der Waals surface area contributed by atoms with Gasteiger partial charge in [0.05, 0.1) is 18.8 Å². The van der Waals surface area contributed by atoms with Crippen molar-refractivity contribution >= 4 is 16.1 Å². The molecule has 0 fully saturated rings. The van der Waals surface area contributed by atoms with Crippen LogP contribution in [0.5, 0.6) is 11.5 Å². The number of hydrogen-bond acceptors (Lipinski definition) is 9. The number of benzene rings is 2. The summed E-state index contributed by atoms with van der Waals surface area (Å²) in [7, 11) is -0.958. The molecule has 0 amide bonds. The van der Waals surface area contributed by atoms with Gasteiger partial charge in [-0.15, -0.1) is 0 Å². The zero-order valence-corrected chi connectivity index (χ0v) is 20.6. The fourth-order valence-electron chi connectivity index (χ4n) is 3.87. The van der Waals surface area contributed by atoms with Crippen molar-refractivity contribution in [1.82, 2.24) is 10.6 Å². The summed E-state index contributed by atoms with van der Waals surface area (Å²) >= 11 is 0. The zero-order chi connectivity index (χ0) is 25.6. The molecule has 0 bridgehead atoms. The number of fused-ring (bicyclic) bond motifs is 1. The van der Waals surface area contributed by atoms with Gasteiger partial charge in [-0.2, -0.15) is 13.7 Å². The monoisotopic (exact) mass is 504 g/mol. The molecule has 0 saturated carbocycles. The van der Waals surface area contributed by atoms with Gasteiger partial charge in [0.2, 0.25) is 5.96 Å². The molecule has 35 heavy (non-hydrogen) atoms. The summed E-state index contributed by atoms with van der Waals surface area (Å²) in [4.78, 5) is 4.43. The van der Waals surface area contributed by atoms with Crippen LogP contribution in [-0.2, 0) is 26.1 Å². The van der Waals surface area contributed by atoms with Crippen LogP contribution < -0.4 is 19.6 Å². The van der Waals surface area contributed by atoms with E-state index in [1.165, 1.54) is 32.4 Å². The number of nitriles is 1. The smallest absolute Gasteiger partial charge is 0.306 e. The van der Waals surface area contributed by atoms with Crippen LogP contribution >= 0.6 is 0 Å². The number of guanidine groups is 1. The van der Waals surface area contributed by atoms with Crippen molar-refractivity contribution in [3.8, 4) is 17.7 Å². The molecule has 0 aromatic heterocycles. The van der Waals surface area contributed by atoms with E-state index in [4.69, 9.17) is 18.4 Å². The van der Waals surface area contributed by atoms with Crippen molar-refractivity contribution in [3.05, 3.63) is 59.7 Å². The second kappa shape index (κ2) is 10.9. The maximum absolute atomic E-state index is 11.7. The number of aliphatic imine (C=N–C) groups is 1. The molecular weight excluding hydrogens is 476 g/mol. The molecule has 3 rings (SSSR count). The topological polar surface area (TPSA) is 152 Å². The number of aliphatic hydroxyl groups excluding tert-OH is 1. The SMILES string of the molecule is COC(OC)C1(C)Oc2ccc(OS(C)(=O)=O)cc2C(NC(=NCc2ccccc2)NC#N)C1O. The van der Waals surface area contributed by atoms with E-state index in [9.17, 15) is 18.8 Å². The number of methoxy groups -OCH3 is 2. The zero-order valence-electron chi connectivity index (χ0n) is 19.8. The molecule has 12 heteroatoms. The van der Waals surface area contributed by atoms with Crippen molar-refractivity contribution in [2.24, 2.45) is 4.99 Å². The number of nitrogens with one attached hydrogen (secondary N) is 2. The van der Waals surface area contributed by atoms with Crippen molar-refractivity contribution in [2.45, 2.75) is 37.5 Å². The molecule has 1 aliphatic rings. The van der Waals surface area contributed by atoms with E-state index < -0.39 is 34.2 Å². The van der Waals surface area contributed by atoms with Gasteiger partial charge in [-0.05, 0) is 30.7 Å². The maximum atomic E-state index is 11.7. The standard InChI is InChI=1S/C23H28N4O7S/c1-23(21(31-2)32-3)20(28)19(17-12-16(34-35(4,29)30)10-11-18(17)33-23)27-22(26-14-24)25-13-15-8-6-5-7-9-15/h5-12,19-21,28H,13H2,1-4H3,(H2,25,26,27). The first kappa shape index (κ1) is 26.2. The lowest BCUT2D eigenvalue weighted by atomic mass is 9.84. The summed E-state index contributed by atoms with van der Waals surface area (Å²) in [5.74, 6) is 0.453. The lowest BCUT2D eigenvalue weighted by Crippen LogP contribution is -2.62. The molecular formula is C23H28N4O7S. The molecule has 11 nitrogen and oxygen atoms in total. The number of nitrogens with zero attached hydrogens (tertiary/aromatic N) is 2. The van der Waals surface area contributed by atoms with Gasteiger partial charge in [0.25, 0.3) is 0 Å². The average molecular weight is 505 g/mol. The highest BCUT2D eigenvalue weighted by molar-refractivity contribution is 7.86. The van der Waals surface area contributed by atoms with Crippen LogP contribution in [0, 0.1) is 11.5 Å². The Kier molecular flexibility index (Phi) is 8.18. The van der Waals surface area contributed by atoms with Crippen LogP contribution in [0.15, 0.2) is 53.5 Å². The van der Waals surface area contributed by atoms with Gasteiger partial charge in [0.15, 0.2) is 18.1 Å². The first-order chi connectivity index (χ1) is 16.6. The van der Waals surface area contributed by atoms with Crippen LogP contribution in [0.1, 0.15) is 24.1 Å². The van der Waals surface area contributed by atoms with E-state index >= 15 is 0 Å². The minimum Gasteiger partial charge on any atom is -0.479 e. The first-order valence-electron chi connectivity index (χ1n) is 10.6. The van der Waals surface area contributed by atoms with E-state index in [0.29, 0.717) is 11.3 Å². The highest BCUT2D eigenvalue weighted by Crippen LogP contribution is 2.43. The van der Waals surface area contributed by atoms with Gasteiger partial charge in [-0.3, -0.25) is 5.32 Å². The van der Waals surface area contributed by atoms with Gasteiger partial charge < -0.3 is 28.8 Å². The Hall–Kier alpha value is -3.37. The molecule has 0 saturated heterocycles. The van der Waals surface area contributed by atoms with Crippen molar-refractivity contribution in [1.29, 1.82) is 5.26 Å². The average Bonchev–Trinajstić information content (AvgIpc) is 2.81. The van der Waals surface area contributed by atoms with Gasteiger partial charge in [-0.25, -0.2) is 4.99 Å². The molecule has 1 heterocycles. The molecule has 0 radical (unpaired) electrons. The van der Waals surface area contributed by atoms with Crippen molar-refractivity contribution in [2.75, 3.05) is 20.5 Å². The van der Waals surface area contributed by atoms with E-state index in [1.807, 2.05) is 36.5 Å². The van der Waals surface area contributed by atoms with Gasteiger partial charge >= 0.3 is 10.1 Å². The highest BCUT2D eigenvalue weighted by atomic mass is 32.2.